The van der Waals surface area contributed by atoms with Crippen LogP contribution in [0.4, 0.5) is 5.69 Å². The minimum absolute atomic E-state index is 0.123. The molecule has 0 heterocycles. The molecule has 0 bridgehead atoms. The molecule has 5 heteroatoms. The zero-order chi connectivity index (χ0) is 9.84. The fraction of sp³-hybridized carbons (Fsp3) is 0.125. The van der Waals surface area contributed by atoms with Crippen molar-refractivity contribution in [3.8, 4) is 0 Å². The van der Waals surface area contributed by atoms with Gasteiger partial charge < -0.3 is 5.32 Å². The lowest BCUT2D eigenvalue weighted by Gasteiger charge is -2.05. The number of halogens is 2. The second-order valence-electron chi connectivity index (χ2n) is 2.33. The third kappa shape index (κ3) is 3.32. The molecule has 0 spiro atoms. The first-order valence-corrected chi connectivity index (χ1v) is 5.71. The van der Waals surface area contributed by atoms with Crippen LogP contribution < -0.4 is 5.32 Å². The van der Waals surface area contributed by atoms with Gasteiger partial charge in [-0.25, -0.2) is 0 Å². The third-order valence-corrected chi connectivity index (χ3v) is 2.82. The molecule has 0 radical (unpaired) electrons. The minimum Gasteiger partial charge on any atom is -0.324 e. The van der Waals surface area contributed by atoms with Crippen molar-refractivity contribution in [1.29, 1.82) is 0 Å². The van der Waals surface area contributed by atoms with Gasteiger partial charge in [0.05, 0.1) is 11.4 Å². The molecular formula is C8H7Br2NOS. The van der Waals surface area contributed by atoms with Crippen LogP contribution in [0, 0.1) is 0 Å². The molecule has 0 aliphatic rings. The van der Waals surface area contributed by atoms with Crippen molar-refractivity contribution < 1.29 is 4.79 Å². The Morgan fingerprint density at radius 3 is 2.77 bits per heavy atom. The molecule has 0 saturated heterocycles. The smallest absolute Gasteiger partial charge is 0.234 e. The molecule has 1 rings (SSSR count). The van der Waals surface area contributed by atoms with Crippen LogP contribution in [0.25, 0.3) is 0 Å². The van der Waals surface area contributed by atoms with E-state index in [1.807, 2.05) is 18.2 Å². The van der Waals surface area contributed by atoms with Gasteiger partial charge in [0.25, 0.3) is 0 Å². The zero-order valence-electron chi connectivity index (χ0n) is 6.55. The monoisotopic (exact) mass is 323 g/mol. The van der Waals surface area contributed by atoms with E-state index in [4.69, 9.17) is 0 Å². The van der Waals surface area contributed by atoms with Crippen molar-refractivity contribution in [1.82, 2.24) is 0 Å². The second-order valence-corrected chi connectivity index (χ2v) is 4.42. The number of rotatable bonds is 2. The van der Waals surface area contributed by atoms with Gasteiger partial charge in [0.15, 0.2) is 0 Å². The summed E-state index contributed by atoms with van der Waals surface area (Å²) in [7, 11) is 0. The first-order chi connectivity index (χ1) is 6.13. The van der Waals surface area contributed by atoms with E-state index in [1.165, 1.54) is 0 Å². The SMILES string of the molecule is O=C(CS)Nc1cc(Br)ccc1Br. The van der Waals surface area contributed by atoms with Crippen LogP contribution in [-0.4, -0.2) is 11.7 Å². The van der Waals surface area contributed by atoms with Crippen LogP contribution >= 0.6 is 44.5 Å². The van der Waals surface area contributed by atoms with Crippen molar-refractivity contribution in [3.63, 3.8) is 0 Å². The molecule has 0 aliphatic heterocycles. The molecule has 0 aromatic heterocycles. The van der Waals surface area contributed by atoms with Crippen molar-refractivity contribution in [2.45, 2.75) is 0 Å². The number of anilines is 1. The van der Waals surface area contributed by atoms with E-state index < -0.39 is 0 Å². The second kappa shape index (κ2) is 5.02. The summed E-state index contributed by atoms with van der Waals surface area (Å²) in [5.74, 6) is 0.0565. The molecular weight excluding hydrogens is 318 g/mol. The summed E-state index contributed by atoms with van der Waals surface area (Å²) in [6.07, 6.45) is 0. The lowest BCUT2D eigenvalue weighted by atomic mass is 10.3. The van der Waals surface area contributed by atoms with Crippen LogP contribution in [-0.2, 0) is 4.79 Å². The Morgan fingerprint density at radius 1 is 1.46 bits per heavy atom. The summed E-state index contributed by atoms with van der Waals surface area (Å²) in [5.41, 5.74) is 0.744. The van der Waals surface area contributed by atoms with E-state index >= 15 is 0 Å². The fourth-order valence-corrected chi connectivity index (χ4v) is 1.57. The van der Waals surface area contributed by atoms with Crippen molar-refractivity contribution in [3.05, 3.63) is 27.1 Å². The summed E-state index contributed by atoms with van der Waals surface area (Å²) in [6.45, 7) is 0. The van der Waals surface area contributed by atoms with E-state index in [9.17, 15) is 4.79 Å². The molecule has 2 nitrogen and oxygen atoms in total. The van der Waals surface area contributed by atoms with Gasteiger partial charge in [-0.2, -0.15) is 12.6 Å². The largest absolute Gasteiger partial charge is 0.324 e. The van der Waals surface area contributed by atoms with Gasteiger partial charge >= 0.3 is 0 Å². The molecule has 0 saturated carbocycles. The number of thiol groups is 1. The van der Waals surface area contributed by atoms with Crippen LogP contribution in [0.2, 0.25) is 0 Å². The summed E-state index contributed by atoms with van der Waals surface area (Å²) in [6, 6.07) is 5.57. The molecule has 1 N–H and O–H groups in total. The minimum atomic E-state index is -0.123. The molecule has 0 fully saturated rings. The van der Waals surface area contributed by atoms with Crippen LogP contribution in [0.3, 0.4) is 0 Å². The van der Waals surface area contributed by atoms with Gasteiger partial charge in [0.2, 0.25) is 5.91 Å². The number of nitrogens with one attached hydrogen (secondary N) is 1. The molecule has 1 aromatic carbocycles. The average molecular weight is 325 g/mol. The lowest BCUT2D eigenvalue weighted by Crippen LogP contribution is -2.12. The van der Waals surface area contributed by atoms with Gasteiger partial charge in [0, 0.05) is 8.95 Å². The van der Waals surface area contributed by atoms with E-state index in [0.717, 1.165) is 14.6 Å². The zero-order valence-corrected chi connectivity index (χ0v) is 10.6. The summed E-state index contributed by atoms with van der Waals surface area (Å²) >= 11 is 10.5. The molecule has 0 atom stereocenters. The molecule has 0 unspecified atom stereocenters. The highest BCUT2D eigenvalue weighted by atomic mass is 79.9. The van der Waals surface area contributed by atoms with Gasteiger partial charge in [-0.15, -0.1) is 0 Å². The highest BCUT2D eigenvalue weighted by Crippen LogP contribution is 2.25. The lowest BCUT2D eigenvalue weighted by molar-refractivity contribution is -0.113. The van der Waals surface area contributed by atoms with Gasteiger partial charge in [-0.1, -0.05) is 15.9 Å². The van der Waals surface area contributed by atoms with Crippen LogP contribution in [0.15, 0.2) is 27.1 Å². The maximum Gasteiger partial charge on any atom is 0.234 e. The maximum atomic E-state index is 11.0. The Morgan fingerprint density at radius 2 is 2.15 bits per heavy atom. The summed E-state index contributed by atoms with van der Waals surface area (Å²) in [5, 5.41) is 2.71. The fourth-order valence-electron chi connectivity index (χ4n) is 0.783. The molecule has 1 aromatic rings. The van der Waals surface area contributed by atoms with Crippen molar-refractivity contribution in [2.75, 3.05) is 11.1 Å². The Bertz CT molecular complexity index is 330. The Labute approximate surface area is 98.8 Å². The average Bonchev–Trinajstić information content (AvgIpc) is 2.11. The Hall–Kier alpha value is -0.000000000000000111. The van der Waals surface area contributed by atoms with Crippen LogP contribution in [0.1, 0.15) is 0 Å². The van der Waals surface area contributed by atoms with Gasteiger partial charge in [-0.05, 0) is 34.1 Å². The number of carbonyl (C=O) groups is 1. The molecule has 0 aliphatic carbocycles. The van der Waals surface area contributed by atoms with Crippen molar-refractivity contribution >= 4 is 56.1 Å². The highest BCUT2D eigenvalue weighted by Gasteiger charge is 2.03. The number of carbonyl (C=O) groups excluding carboxylic acids is 1. The van der Waals surface area contributed by atoms with Gasteiger partial charge in [-0.3, -0.25) is 4.79 Å². The predicted molar refractivity (Wildman–Crippen MR) is 64.3 cm³/mol. The number of hydrogen-bond acceptors (Lipinski definition) is 2. The summed E-state index contributed by atoms with van der Waals surface area (Å²) in [4.78, 5) is 11.0. The maximum absolute atomic E-state index is 11.0. The third-order valence-electron chi connectivity index (χ3n) is 1.35. The first kappa shape index (κ1) is 11.1. The molecule has 1 amide bonds. The topological polar surface area (TPSA) is 29.1 Å². The number of amides is 1. The van der Waals surface area contributed by atoms with Gasteiger partial charge in [0.1, 0.15) is 0 Å². The standard InChI is InChI=1S/C8H7Br2NOS/c9-5-1-2-6(10)7(3-5)11-8(12)4-13/h1-3,13H,4H2,(H,11,12). The summed E-state index contributed by atoms with van der Waals surface area (Å²) < 4.78 is 1.77. The van der Waals surface area contributed by atoms with E-state index in [2.05, 4.69) is 49.8 Å². The Balaban J connectivity index is 2.87. The molecule has 13 heavy (non-hydrogen) atoms. The normalized spacial score (nSPS) is 9.77. The highest BCUT2D eigenvalue weighted by molar-refractivity contribution is 9.11. The van der Waals surface area contributed by atoms with E-state index in [0.29, 0.717) is 0 Å². The van der Waals surface area contributed by atoms with E-state index in [-0.39, 0.29) is 11.7 Å². The first-order valence-electron chi connectivity index (χ1n) is 3.49. The number of hydrogen-bond donors (Lipinski definition) is 2. The Kier molecular flexibility index (Phi) is 4.28. The predicted octanol–water partition coefficient (Wildman–Crippen LogP) is 3.08. The van der Waals surface area contributed by atoms with Crippen LogP contribution in [0.5, 0.6) is 0 Å². The molecule has 70 valence electrons. The number of benzene rings is 1. The van der Waals surface area contributed by atoms with Crippen molar-refractivity contribution in [2.24, 2.45) is 0 Å². The van der Waals surface area contributed by atoms with E-state index in [1.54, 1.807) is 0 Å². The quantitative estimate of drug-likeness (QED) is 0.804.